The third-order valence-corrected chi connectivity index (χ3v) is 3.38. The van der Waals surface area contributed by atoms with Crippen molar-refractivity contribution in [2.75, 3.05) is 0 Å². The lowest BCUT2D eigenvalue weighted by Gasteiger charge is -2.11. The number of halogens is 1. The number of nitrogens with one attached hydrogen (secondary N) is 1. The van der Waals surface area contributed by atoms with E-state index in [1.54, 1.807) is 24.4 Å². The van der Waals surface area contributed by atoms with Crippen LogP contribution in [0, 0.1) is 5.82 Å². The van der Waals surface area contributed by atoms with Gasteiger partial charge in [0.25, 0.3) is 0 Å². The van der Waals surface area contributed by atoms with Crippen molar-refractivity contribution in [3.8, 4) is 11.6 Å². The SMILES string of the molecule is O=C(O)CCCCC(=O)NCc1cccnc1Oc1cccc(F)c1. The van der Waals surface area contributed by atoms with Gasteiger partial charge < -0.3 is 15.2 Å². The Bertz CT molecular complexity index is 737. The number of amides is 1. The van der Waals surface area contributed by atoms with Crippen LogP contribution in [0.2, 0.25) is 0 Å². The molecule has 1 amide bonds. The van der Waals surface area contributed by atoms with Crippen LogP contribution < -0.4 is 10.1 Å². The van der Waals surface area contributed by atoms with E-state index in [1.807, 2.05) is 0 Å². The zero-order chi connectivity index (χ0) is 18.1. The molecule has 0 bridgehead atoms. The number of aliphatic carboxylic acids is 1. The van der Waals surface area contributed by atoms with Gasteiger partial charge >= 0.3 is 5.97 Å². The van der Waals surface area contributed by atoms with Gasteiger partial charge in [0.1, 0.15) is 11.6 Å². The lowest BCUT2D eigenvalue weighted by Crippen LogP contribution is -2.22. The number of rotatable bonds is 9. The number of ether oxygens (including phenoxy) is 1. The number of carboxylic acid groups (broad SMARTS) is 1. The van der Waals surface area contributed by atoms with E-state index in [0.29, 0.717) is 30.0 Å². The minimum absolute atomic E-state index is 0.0571. The molecular weight excluding hydrogens is 327 g/mol. The average Bonchev–Trinajstić information content (AvgIpc) is 2.58. The van der Waals surface area contributed by atoms with Crippen LogP contribution in [-0.2, 0) is 16.1 Å². The van der Waals surface area contributed by atoms with Gasteiger partial charge in [-0.3, -0.25) is 9.59 Å². The van der Waals surface area contributed by atoms with Crippen LogP contribution in [0.25, 0.3) is 0 Å². The molecule has 0 spiro atoms. The van der Waals surface area contributed by atoms with Crippen LogP contribution in [0.3, 0.4) is 0 Å². The Morgan fingerprint density at radius 3 is 2.72 bits per heavy atom. The minimum atomic E-state index is -0.866. The molecule has 132 valence electrons. The Kier molecular flexibility index (Phi) is 6.88. The fourth-order valence-electron chi connectivity index (χ4n) is 2.14. The number of benzene rings is 1. The summed E-state index contributed by atoms with van der Waals surface area (Å²) in [6.07, 6.45) is 2.84. The standard InChI is InChI=1S/C18H19FN2O4/c19-14-6-3-7-15(11-14)25-18-13(5-4-10-20-18)12-21-16(22)8-1-2-9-17(23)24/h3-7,10-11H,1-2,8-9,12H2,(H,21,22)(H,23,24). The van der Waals surface area contributed by atoms with Crippen LogP contribution >= 0.6 is 0 Å². The number of hydrogen-bond acceptors (Lipinski definition) is 4. The number of hydrogen-bond donors (Lipinski definition) is 2. The monoisotopic (exact) mass is 346 g/mol. The van der Waals surface area contributed by atoms with Crippen LogP contribution in [0.1, 0.15) is 31.2 Å². The third kappa shape index (κ3) is 6.58. The molecule has 7 heteroatoms. The summed E-state index contributed by atoms with van der Waals surface area (Å²) >= 11 is 0. The number of pyridine rings is 1. The first-order chi connectivity index (χ1) is 12.0. The van der Waals surface area contributed by atoms with Crippen LogP contribution in [0.4, 0.5) is 4.39 Å². The number of carbonyl (C=O) groups is 2. The summed E-state index contributed by atoms with van der Waals surface area (Å²) in [7, 11) is 0. The zero-order valence-electron chi connectivity index (χ0n) is 13.6. The van der Waals surface area contributed by atoms with Gasteiger partial charge in [-0.1, -0.05) is 12.1 Å². The van der Waals surface area contributed by atoms with E-state index < -0.39 is 11.8 Å². The second-order valence-electron chi connectivity index (χ2n) is 5.40. The van der Waals surface area contributed by atoms with Gasteiger partial charge in [0.15, 0.2) is 0 Å². The van der Waals surface area contributed by atoms with E-state index in [9.17, 15) is 14.0 Å². The Morgan fingerprint density at radius 2 is 1.96 bits per heavy atom. The molecule has 25 heavy (non-hydrogen) atoms. The smallest absolute Gasteiger partial charge is 0.303 e. The molecule has 0 unspecified atom stereocenters. The van der Waals surface area contributed by atoms with Crippen LogP contribution in [0.5, 0.6) is 11.6 Å². The van der Waals surface area contributed by atoms with E-state index in [2.05, 4.69) is 10.3 Å². The van der Waals surface area contributed by atoms with Crippen molar-refractivity contribution in [3.05, 3.63) is 54.0 Å². The normalized spacial score (nSPS) is 10.3. The van der Waals surface area contributed by atoms with Crippen molar-refractivity contribution in [1.29, 1.82) is 0 Å². The van der Waals surface area contributed by atoms with Crippen LogP contribution in [0.15, 0.2) is 42.6 Å². The van der Waals surface area contributed by atoms with Crippen LogP contribution in [-0.4, -0.2) is 22.0 Å². The molecule has 2 aromatic rings. The number of carboxylic acids is 1. The number of unbranched alkanes of at least 4 members (excludes halogenated alkanes) is 1. The fraction of sp³-hybridized carbons (Fsp3) is 0.278. The van der Waals surface area contributed by atoms with Gasteiger partial charge in [-0.05, 0) is 31.0 Å². The molecule has 2 N–H and O–H groups in total. The summed E-state index contributed by atoms with van der Waals surface area (Å²) in [5.74, 6) is -0.843. The van der Waals surface area contributed by atoms with Gasteiger partial charge in [0.2, 0.25) is 11.8 Å². The maximum atomic E-state index is 13.2. The molecule has 1 aromatic carbocycles. The molecule has 1 aromatic heterocycles. The van der Waals surface area contributed by atoms with E-state index >= 15 is 0 Å². The maximum absolute atomic E-state index is 13.2. The Hall–Kier alpha value is -2.96. The number of carbonyl (C=O) groups excluding carboxylic acids is 1. The summed E-state index contributed by atoms with van der Waals surface area (Å²) in [5.41, 5.74) is 0.658. The average molecular weight is 346 g/mol. The van der Waals surface area contributed by atoms with E-state index in [0.717, 1.165) is 0 Å². The Labute approximate surface area is 144 Å². The van der Waals surface area contributed by atoms with Crippen molar-refractivity contribution in [1.82, 2.24) is 10.3 Å². The van der Waals surface area contributed by atoms with Gasteiger partial charge in [-0.15, -0.1) is 0 Å². The van der Waals surface area contributed by atoms with Crippen molar-refractivity contribution in [2.24, 2.45) is 0 Å². The van der Waals surface area contributed by atoms with Crippen molar-refractivity contribution in [2.45, 2.75) is 32.2 Å². The first kappa shape index (κ1) is 18.4. The van der Waals surface area contributed by atoms with Crippen molar-refractivity contribution < 1.29 is 23.8 Å². The first-order valence-electron chi connectivity index (χ1n) is 7.90. The highest BCUT2D eigenvalue weighted by Crippen LogP contribution is 2.23. The maximum Gasteiger partial charge on any atom is 0.303 e. The molecule has 0 saturated carbocycles. The highest BCUT2D eigenvalue weighted by atomic mass is 19.1. The molecular formula is C18H19FN2O4. The second-order valence-corrected chi connectivity index (χ2v) is 5.40. The molecule has 0 aliphatic rings. The number of aromatic nitrogens is 1. The molecule has 0 atom stereocenters. The highest BCUT2D eigenvalue weighted by Gasteiger charge is 2.09. The summed E-state index contributed by atoms with van der Waals surface area (Å²) in [6, 6.07) is 9.18. The summed E-state index contributed by atoms with van der Waals surface area (Å²) in [5, 5.41) is 11.3. The van der Waals surface area contributed by atoms with Crippen molar-refractivity contribution in [3.63, 3.8) is 0 Å². The number of nitrogens with zero attached hydrogens (tertiary/aromatic N) is 1. The predicted molar refractivity (Wildman–Crippen MR) is 88.7 cm³/mol. The van der Waals surface area contributed by atoms with E-state index in [4.69, 9.17) is 9.84 Å². The van der Waals surface area contributed by atoms with Gasteiger partial charge in [0, 0.05) is 37.2 Å². The zero-order valence-corrected chi connectivity index (χ0v) is 13.6. The lowest BCUT2D eigenvalue weighted by atomic mass is 10.2. The first-order valence-corrected chi connectivity index (χ1v) is 7.90. The highest BCUT2D eigenvalue weighted by molar-refractivity contribution is 5.76. The molecule has 0 fully saturated rings. The predicted octanol–water partition coefficient (Wildman–Crippen LogP) is 3.27. The van der Waals surface area contributed by atoms with Crippen molar-refractivity contribution >= 4 is 11.9 Å². The largest absolute Gasteiger partial charge is 0.481 e. The fourth-order valence-corrected chi connectivity index (χ4v) is 2.14. The summed E-state index contributed by atoms with van der Waals surface area (Å²) < 4.78 is 18.8. The molecule has 1 heterocycles. The molecule has 2 rings (SSSR count). The third-order valence-electron chi connectivity index (χ3n) is 3.38. The summed E-state index contributed by atoms with van der Waals surface area (Å²) in [6.45, 7) is 0.219. The van der Waals surface area contributed by atoms with Gasteiger partial charge in [-0.25, -0.2) is 9.37 Å². The Morgan fingerprint density at radius 1 is 1.16 bits per heavy atom. The Balaban J connectivity index is 1.88. The molecule has 0 saturated heterocycles. The van der Waals surface area contributed by atoms with E-state index in [1.165, 1.54) is 18.2 Å². The van der Waals surface area contributed by atoms with E-state index in [-0.39, 0.29) is 25.3 Å². The molecule has 6 nitrogen and oxygen atoms in total. The topological polar surface area (TPSA) is 88.5 Å². The second kappa shape index (κ2) is 9.36. The lowest BCUT2D eigenvalue weighted by molar-refractivity contribution is -0.137. The molecule has 0 radical (unpaired) electrons. The molecule has 0 aliphatic heterocycles. The van der Waals surface area contributed by atoms with Gasteiger partial charge in [-0.2, -0.15) is 0 Å². The molecule has 0 aliphatic carbocycles. The summed E-state index contributed by atoms with van der Waals surface area (Å²) in [4.78, 5) is 26.3. The van der Waals surface area contributed by atoms with Gasteiger partial charge in [0.05, 0.1) is 0 Å². The minimum Gasteiger partial charge on any atom is -0.481 e. The quantitative estimate of drug-likeness (QED) is 0.680.